The van der Waals surface area contributed by atoms with Gasteiger partial charge in [0.05, 0.1) is 11.0 Å². The van der Waals surface area contributed by atoms with Crippen LogP contribution < -0.4 is 0 Å². The zero-order valence-electron chi connectivity index (χ0n) is 13.4. The second-order valence-electron chi connectivity index (χ2n) is 5.76. The molecule has 24 heavy (non-hydrogen) atoms. The molecule has 0 aliphatic heterocycles. The fourth-order valence-corrected chi connectivity index (χ4v) is 3.10. The summed E-state index contributed by atoms with van der Waals surface area (Å²) in [6.07, 6.45) is 0. The number of aliphatic imine (C=N–C) groups is 1. The lowest BCUT2D eigenvalue weighted by Gasteiger charge is -2.06. The fraction of sp³-hybridized carbons (Fsp3) is 0.0476. The summed E-state index contributed by atoms with van der Waals surface area (Å²) >= 11 is 0. The normalized spacial score (nSPS) is 12.0. The van der Waals surface area contributed by atoms with Crippen molar-refractivity contribution in [3.8, 4) is 0 Å². The summed E-state index contributed by atoms with van der Waals surface area (Å²) in [5.41, 5.74) is 3.88. The van der Waals surface area contributed by atoms with Crippen molar-refractivity contribution < 1.29 is 0 Å². The Balaban J connectivity index is 1.91. The first-order chi connectivity index (χ1) is 11.8. The van der Waals surface area contributed by atoms with Gasteiger partial charge in [0.15, 0.2) is 0 Å². The van der Waals surface area contributed by atoms with E-state index < -0.39 is 0 Å². The molecule has 4 aromatic rings. The minimum absolute atomic E-state index is 0.230. The van der Waals surface area contributed by atoms with Crippen molar-refractivity contribution in [2.75, 3.05) is 0 Å². The summed E-state index contributed by atoms with van der Waals surface area (Å²) in [5, 5.41) is 10.9. The summed E-state index contributed by atoms with van der Waals surface area (Å²) in [6, 6.07) is 26.3. The lowest BCUT2D eigenvalue weighted by atomic mass is 10.1. The third kappa shape index (κ3) is 2.31. The number of aromatic nitrogens is 1. The fourth-order valence-electron chi connectivity index (χ4n) is 3.10. The van der Waals surface area contributed by atoms with Crippen molar-refractivity contribution in [1.29, 1.82) is 5.41 Å². The first-order valence-electron chi connectivity index (χ1n) is 7.93. The van der Waals surface area contributed by atoms with Crippen molar-refractivity contribution in [1.82, 2.24) is 4.57 Å². The molecule has 0 spiro atoms. The van der Waals surface area contributed by atoms with Gasteiger partial charge in [-0.1, -0.05) is 66.7 Å². The average molecular weight is 311 g/mol. The molecule has 0 unspecified atom stereocenters. The minimum Gasteiger partial charge on any atom is -0.278 e. The van der Waals surface area contributed by atoms with Gasteiger partial charge in [-0.05, 0) is 24.6 Å². The van der Waals surface area contributed by atoms with Crippen molar-refractivity contribution >= 4 is 33.5 Å². The molecule has 116 valence electrons. The largest absolute Gasteiger partial charge is 0.278 e. The van der Waals surface area contributed by atoms with Crippen molar-refractivity contribution in [3.05, 3.63) is 84.4 Å². The Morgan fingerprint density at radius 2 is 1.25 bits per heavy atom. The molecule has 3 aromatic carbocycles. The molecule has 0 aliphatic carbocycles. The van der Waals surface area contributed by atoms with Crippen LogP contribution in [0.25, 0.3) is 21.8 Å². The van der Waals surface area contributed by atoms with E-state index >= 15 is 0 Å². The molecule has 0 fully saturated rings. The Kier molecular flexibility index (Phi) is 3.47. The van der Waals surface area contributed by atoms with Crippen LogP contribution in [-0.4, -0.2) is 16.2 Å². The van der Waals surface area contributed by atoms with Gasteiger partial charge in [0, 0.05) is 16.5 Å². The van der Waals surface area contributed by atoms with Gasteiger partial charge in [0.1, 0.15) is 0 Å². The Morgan fingerprint density at radius 1 is 0.750 bits per heavy atom. The minimum atomic E-state index is 0.230. The smallest absolute Gasteiger partial charge is 0.227 e. The Labute approximate surface area is 140 Å². The maximum atomic E-state index is 8.57. The van der Waals surface area contributed by atoms with E-state index in [0.717, 1.165) is 33.1 Å². The number of hydrogen-bond acceptors (Lipinski definition) is 1. The Bertz CT molecular complexity index is 1020. The third-order valence-corrected chi connectivity index (χ3v) is 4.26. The van der Waals surface area contributed by atoms with Gasteiger partial charge in [-0.2, -0.15) is 0 Å². The lowest BCUT2D eigenvalue weighted by molar-refractivity contribution is 1.19. The molecule has 1 aromatic heterocycles. The van der Waals surface area contributed by atoms with E-state index in [9.17, 15) is 0 Å². The van der Waals surface area contributed by atoms with Crippen LogP contribution in [0.1, 0.15) is 12.5 Å². The molecular formula is C21H17N3. The highest BCUT2D eigenvalue weighted by molar-refractivity contribution is 6.15. The molecule has 0 amide bonds. The number of fused-ring (bicyclic) bond motifs is 3. The predicted octanol–water partition coefficient (Wildman–Crippen LogP) is 5.09. The highest BCUT2D eigenvalue weighted by Gasteiger charge is 2.12. The van der Waals surface area contributed by atoms with E-state index in [2.05, 4.69) is 17.1 Å². The van der Waals surface area contributed by atoms with E-state index in [1.807, 2.05) is 78.2 Å². The first kappa shape index (κ1) is 14.4. The quantitative estimate of drug-likeness (QED) is 0.376. The summed E-state index contributed by atoms with van der Waals surface area (Å²) in [7, 11) is 0. The molecule has 0 saturated carbocycles. The van der Waals surface area contributed by atoms with Crippen molar-refractivity contribution in [2.24, 2.45) is 4.99 Å². The molecule has 1 N–H and O–H groups in total. The SMILES string of the molecule is C/C(=N\C(=N)n1c2ccccc2c2ccccc21)c1ccccc1. The average Bonchev–Trinajstić information content (AvgIpc) is 2.97. The van der Waals surface area contributed by atoms with Crippen LogP contribution in [0.5, 0.6) is 0 Å². The molecule has 0 atom stereocenters. The summed E-state index contributed by atoms with van der Waals surface area (Å²) in [6.45, 7) is 1.94. The van der Waals surface area contributed by atoms with Gasteiger partial charge in [0.25, 0.3) is 0 Å². The number of nitrogens with zero attached hydrogens (tertiary/aromatic N) is 2. The van der Waals surface area contributed by atoms with Crippen molar-refractivity contribution in [3.63, 3.8) is 0 Å². The van der Waals surface area contributed by atoms with Gasteiger partial charge in [-0.3, -0.25) is 9.98 Å². The maximum absolute atomic E-state index is 8.57. The van der Waals surface area contributed by atoms with Crippen LogP contribution >= 0.6 is 0 Å². The molecular weight excluding hydrogens is 294 g/mol. The summed E-state index contributed by atoms with van der Waals surface area (Å²) in [5.74, 6) is 0.230. The lowest BCUT2D eigenvalue weighted by Crippen LogP contribution is -2.10. The first-order valence-corrected chi connectivity index (χ1v) is 7.93. The number of hydrogen-bond donors (Lipinski definition) is 1. The maximum Gasteiger partial charge on any atom is 0.227 e. The molecule has 4 rings (SSSR count). The number of para-hydroxylation sites is 2. The molecule has 0 saturated heterocycles. The standard InChI is InChI=1S/C21H17N3/c1-15(16-9-3-2-4-10-16)23-21(22)24-19-13-7-5-11-17(19)18-12-6-8-14-20(18)24/h2-14,22H,1H3/b22-21?,23-15+. The zero-order chi connectivity index (χ0) is 16.5. The summed E-state index contributed by atoms with van der Waals surface area (Å²) < 4.78 is 1.91. The highest BCUT2D eigenvalue weighted by Crippen LogP contribution is 2.28. The number of benzene rings is 3. The van der Waals surface area contributed by atoms with Crippen molar-refractivity contribution in [2.45, 2.75) is 6.92 Å². The Hall–Kier alpha value is -3.20. The van der Waals surface area contributed by atoms with Crippen LogP contribution in [0.4, 0.5) is 0 Å². The molecule has 1 heterocycles. The number of nitrogens with one attached hydrogen (secondary N) is 1. The van der Waals surface area contributed by atoms with E-state index in [1.54, 1.807) is 0 Å². The second-order valence-corrected chi connectivity index (χ2v) is 5.76. The van der Waals surface area contributed by atoms with Gasteiger partial charge in [-0.25, -0.2) is 4.99 Å². The van der Waals surface area contributed by atoms with Crippen LogP contribution in [0.2, 0.25) is 0 Å². The van der Waals surface area contributed by atoms with E-state index in [0.29, 0.717) is 0 Å². The van der Waals surface area contributed by atoms with Gasteiger partial charge in [0.2, 0.25) is 5.96 Å². The topological polar surface area (TPSA) is 41.1 Å². The Morgan fingerprint density at radius 3 is 1.83 bits per heavy atom. The van der Waals surface area contributed by atoms with E-state index in [4.69, 9.17) is 5.41 Å². The summed E-state index contributed by atoms with van der Waals surface area (Å²) in [4.78, 5) is 4.55. The van der Waals surface area contributed by atoms with Crippen LogP contribution in [-0.2, 0) is 0 Å². The molecule has 3 nitrogen and oxygen atoms in total. The monoisotopic (exact) mass is 311 g/mol. The third-order valence-electron chi connectivity index (χ3n) is 4.26. The van der Waals surface area contributed by atoms with Crippen LogP contribution in [0.3, 0.4) is 0 Å². The predicted molar refractivity (Wildman–Crippen MR) is 101 cm³/mol. The van der Waals surface area contributed by atoms with Gasteiger partial charge < -0.3 is 0 Å². The van der Waals surface area contributed by atoms with Gasteiger partial charge in [-0.15, -0.1) is 0 Å². The molecule has 0 radical (unpaired) electrons. The van der Waals surface area contributed by atoms with E-state index in [-0.39, 0.29) is 5.96 Å². The number of rotatable bonds is 1. The second kappa shape index (κ2) is 5.78. The highest BCUT2D eigenvalue weighted by atomic mass is 15.1. The molecule has 0 bridgehead atoms. The molecule has 0 aliphatic rings. The van der Waals surface area contributed by atoms with Crippen LogP contribution in [0.15, 0.2) is 83.9 Å². The van der Waals surface area contributed by atoms with Crippen LogP contribution in [0, 0.1) is 5.41 Å². The molecule has 3 heteroatoms. The zero-order valence-corrected chi connectivity index (χ0v) is 13.4. The van der Waals surface area contributed by atoms with Gasteiger partial charge >= 0.3 is 0 Å². The van der Waals surface area contributed by atoms with E-state index in [1.165, 1.54) is 0 Å².